The third kappa shape index (κ3) is 2.97. The molecule has 1 aromatic heterocycles. The number of ether oxygens (including phenoxy) is 2. The Balaban J connectivity index is 1.71. The maximum absolute atomic E-state index is 12.4. The number of carbonyl (C=O) groups is 1. The van der Waals surface area contributed by atoms with Crippen LogP contribution in [-0.4, -0.2) is 62.4 Å². The molecule has 1 amide bonds. The highest BCUT2D eigenvalue weighted by Gasteiger charge is 2.51. The minimum atomic E-state index is -0.0748. The van der Waals surface area contributed by atoms with Crippen molar-refractivity contribution in [3.05, 3.63) is 17.1 Å². The van der Waals surface area contributed by atoms with Crippen molar-refractivity contribution in [2.75, 3.05) is 51.5 Å². The number of aromatic nitrogens is 2. The second-order valence-electron chi connectivity index (χ2n) is 8.28. The van der Waals surface area contributed by atoms with Crippen LogP contribution in [0.25, 0.3) is 0 Å². The average Bonchev–Trinajstić information content (AvgIpc) is 3.11. The molecule has 4 rings (SSSR count). The molecule has 3 aliphatic rings. The normalized spacial score (nSPS) is 27.6. The van der Waals surface area contributed by atoms with Crippen LogP contribution in [0.15, 0.2) is 0 Å². The van der Waals surface area contributed by atoms with Crippen molar-refractivity contribution in [2.45, 2.75) is 26.7 Å². The fourth-order valence-corrected chi connectivity index (χ4v) is 4.52. The molecule has 0 unspecified atom stereocenters. The third-order valence-corrected chi connectivity index (χ3v) is 5.75. The van der Waals surface area contributed by atoms with Gasteiger partial charge >= 0.3 is 0 Å². The Labute approximate surface area is 154 Å². The molecule has 3 aliphatic heterocycles. The molecule has 26 heavy (non-hydrogen) atoms. The van der Waals surface area contributed by atoms with Gasteiger partial charge in [0.15, 0.2) is 0 Å². The lowest BCUT2D eigenvalue weighted by molar-refractivity contribution is 0.0660. The van der Waals surface area contributed by atoms with E-state index in [1.165, 1.54) is 0 Å². The van der Waals surface area contributed by atoms with Gasteiger partial charge in [-0.15, -0.1) is 0 Å². The number of carbonyl (C=O) groups excluding carboxylic acids is 1. The Morgan fingerprint density at radius 3 is 3.04 bits per heavy atom. The number of hydrogen-bond donors (Lipinski definition) is 1. The minimum Gasteiger partial charge on any atom is -0.384 e. The molecular formula is C19H28N4O3. The van der Waals surface area contributed by atoms with E-state index in [9.17, 15) is 4.79 Å². The predicted octanol–water partition coefficient (Wildman–Crippen LogP) is 1.06. The Kier molecular flexibility index (Phi) is 4.61. The van der Waals surface area contributed by atoms with Gasteiger partial charge in [0.25, 0.3) is 5.91 Å². The van der Waals surface area contributed by atoms with Gasteiger partial charge in [0.1, 0.15) is 17.3 Å². The molecule has 2 atom stereocenters. The molecule has 0 aromatic carbocycles. The Morgan fingerprint density at radius 2 is 2.27 bits per heavy atom. The van der Waals surface area contributed by atoms with Crippen LogP contribution in [0.4, 0.5) is 5.82 Å². The van der Waals surface area contributed by atoms with E-state index in [0.29, 0.717) is 30.7 Å². The number of nitrogens with zero attached hydrogens (tertiary/aromatic N) is 3. The van der Waals surface area contributed by atoms with Gasteiger partial charge in [-0.25, -0.2) is 9.97 Å². The zero-order chi connectivity index (χ0) is 18.3. The van der Waals surface area contributed by atoms with Gasteiger partial charge in [-0.3, -0.25) is 4.79 Å². The largest absolute Gasteiger partial charge is 0.384 e. The summed E-state index contributed by atoms with van der Waals surface area (Å²) in [7, 11) is 1.75. The highest BCUT2D eigenvalue weighted by atomic mass is 16.5. The fraction of sp³-hybridized carbons (Fsp3) is 0.737. The van der Waals surface area contributed by atoms with Crippen LogP contribution in [-0.2, 0) is 22.3 Å². The average molecular weight is 360 g/mol. The second kappa shape index (κ2) is 6.78. The van der Waals surface area contributed by atoms with Gasteiger partial charge in [-0.2, -0.15) is 0 Å². The van der Waals surface area contributed by atoms with E-state index in [-0.39, 0.29) is 11.3 Å². The zero-order valence-corrected chi connectivity index (χ0v) is 15.9. The summed E-state index contributed by atoms with van der Waals surface area (Å²) in [5.41, 5.74) is 1.59. The van der Waals surface area contributed by atoms with Crippen LogP contribution in [0.2, 0.25) is 0 Å². The van der Waals surface area contributed by atoms with E-state index in [1.807, 2.05) is 0 Å². The molecule has 4 heterocycles. The van der Waals surface area contributed by atoms with E-state index in [0.717, 1.165) is 56.4 Å². The number of methoxy groups -OCH3 is 1. The summed E-state index contributed by atoms with van der Waals surface area (Å²) in [6, 6.07) is 0. The lowest BCUT2D eigenvalue weighted by atomic mass is 9.82. The number of rotatable bonds is 5. The maximum atomic E-state index is 12.4. The standard InChI is InChI=1S/C19H28N4O3/c1-12(2)6-15-21-16-14(4-5-20-18(16)24)17(22-15)23-7-13-8-26-11-19(13,9-23)10-25-3/h12-13H,4-11H2,1-3H3,(H,20,24)/t13-,19-/m0/s1. The number of fused-ring (bicyclic) bond motifs is 2. The first-order valence-electron chi connectivity index (χ1n) is 9.52. The third-order valence-electron chi connectivity index (χ3n) is 5.75. The predicted molar refractivity (Wildman–Crippen MR) is 97.4 cm³/mol. The molecule has 7 heteroatoms. The Morgan fingerprint density at radius 1 is 1.42 bits per heavy atom. The van der Waals surface area contributed by atoms with E-state index in [2.05, 4.69) is 29.0 Å². The fourth-order valence-electron chi connectivity index (χ4n) is 4.52. The van der Waals surface area contributed by atoms with Crippen molar-refractivity contribution in [3.63, 3.8) is 0 Å². The van der Waals surface area contributed by atoms with Crippen LogP contribution in [0.3, 0.4) is 0 Å². The quantitative estimate of drug-likeness (QED) is 0.846. The van der Waals surface area contributed by atoms with E-state index in [1.54, 1.807) is 7.11 Å². The molecule has 1 aromatic rings. The molecule has 0 saturated carbocycles. The summed E-state index contributed by atoms with van der Waals surface area (Å²) in [5.74, 6) is 2.53. The summed E-state index contributed by atoms with van der Waals surface area (Å²) in [6.45, 7) is 8.89. The van der Waals surface area contributed by atoms with Crippen molar-refractivity contribution in [3.8, 4) is 0 Å². The van der Waals surface area contributed by atoms with Gasteiger partial charge in [0, 0.05) is 50.1 Å². The molecule has 1 N–H and O–H groups in total. The van der Waals surface area contributed by atoms with E-state index in [4.69, 9.17) is 14.5 Å². The number of amides is 1. The summed E-state index contributed by atoms with van der Waals surface area (Å²) in [4.78, 5) is 24.2. The summed E-state index contributed by atoms with van der Waals surface area (Å²) in [5, 5.41) is 2.92. The summed E-state index contributed by atoms with van der Waals surface area (Å²) >= 11 is 0. The van der Waals surface area contributed by atoms with Crippen LogP contribution < -0.4 is 10.2 Å². The van der Waals surface area contributed by atoms with Crippen molar-refractivity contribution in [1.82, 2.24) is 15.3 Å². The van der Waals surface area contributed by atoms with Crippen LogP contribution in [0.5, 0.6) is 0 Å². The molecule has 0 aliphatic carbocycles. The maximum Gasteiger partial charge on any atom is 0.270 e. The first kappa shape index (κ1) is 17.7. The van der Waals surface area contributed by atoms with Crippen molar-refractivity contribution in [2.24, 2.45) is 17.3 Å². The lowest BCUT2D eigenvalue weighted by Gasteiger charge is -2.28. The van der Waals surface area contributed by atoms with Crippen molar-refractivity contribution < 1.29 is 14.3 Å². The number of anilines is 1. The summed E-state index contributed by atoms with van der Waals surface area (Å²) in [6.07, 6.45) is 1.56. The van der Waals surface area contributed by atoms with Crippen LogP contribution >= 0.6 is 0 Å². The number of hydrogen-bond acceptors (Lipinski definition) is 6. The van der Waals surface area contributed by atoms with Gasteiger partial charge in [0.2, 0.25) is 0 Å². The first-order valence-corrected chi connectivity index (χ1v) is 9.52. The number of nitrogens with one attached hydrogen (secondary N) is 1. The monoisotopic (exact) mass is 360 g/mol. The van der Waals surface area contributed by atoms with Gasteiger partial charge in [0.05, 0.1) is 19.8 Å². The van der Waals surface area contributed by atoms with E-state index >= 15 is 0 Å². The van der Waals surface area contributed by atoms with Gasteiger partial charge < -0.3 is 19.7 Å². The molecule has 0 bridgehead atoms. The van der Waals surface area contributed by atoms with Crippen LogP contribution in [0.1, 0.15) is 35.7 Å². The zero-order valence-electron chi connectivity index (χ0n) is 15.9. The molecule has 142 valence electrons. The molecule has 0 radical (unpaired) electrons. The SMILES string of the molecule is COC[C@@]12COC[C@@H]1CN(c1nc(CC(C)C)nc3c1CCNC3=O)C2. The lowest BCUT2D eigenvalue weighted by Crippen LogP contribution is -2.38. The molecule has 2 saturated heterocycles. The second-order valence-corrected chi connectivity index (χ2v) is 8.28. The Bertz CT molecular complexity index is 708. The topological polar surface area (TPSA) is 76.6 Å². The first-order chi connectivity index (χ1) is 12.5. The van der Waals surface area contributed by atoms with Gasteiger partial charge in [-0.1, -0.05) is 13.8 Å². The minimum absolute atomic E-state index is 0.0295. The van der Waals surface area contributed by atoms with Gasteiger partial charge in [-0.05, 0) is 12.3 Å². The smallest absolute Gasteiger partial charge is 0.270 e. The molecular weight excluding hydrogens is 332 g/mol. The van der Waals surface area contributed by atoms with Crippen molar-refractivity contribution in [1.29, 1.82) is 0 Å². The molecule has 2 fully saturated rings. The highest BCUT2D eigenvalue weighted by molar-refractivity contribution is 5.96. The van der Waals surface area contributed by atoms with E-state index < -0.39 is 0 Å². The molecule has 0 spiro atoms. The summed E-state index contributed by atoms with van der Waals surface area (Å²) < 4.78 is 11.3. The molecule has 7 nitrogen and oxygen atoms in total. The van der Waals surface area contributed by atoms with Crippen molar-refractivity contribution >= 4 is 11.7 Å². The Hall–Kier alpha value is -1.73. The highest BCUT2D eigenvalue weighted by Crippen LogP contribution is 2.43. The van der Waals surface area contributed by atoms with Crippen LogP contribution in [0, 0.1) is 17.3 Å².